The molecule has 16 heavy (non-hydrogen) atoms. The molecule has 0 spiro atoms. The molecule has 1 aromatic heterocycles. The van der Waals surface area contributed by atoms with Crippen LogP contribution >= 0.6 is 0 Å². The first-order valence-corrected chi connectivity index (χ1v) is 5.56. The number of aliphatic imine (C=N–C) groups is 1. The predicted molar refractivity (Wildman–Crippen MR) is 72.5 cm³/mol. The van der Waals surface area contributed by atoms with Crippen molar-refractivity contribution in [1.29, 1.82) is 0 Å². The van der Waals surface area contributed by atoms with Crippen molar-refractivity contribution < 1.29 is 0 Å². The van der Waals surface area contributed by atoms with Crippen molar-refractivity contribution in [3.8, 4) is 0 Å². The van der Waals surface area contributed by atoms with E-state index in [1.54, 1.807) is 12.3 Å². The van der Waals surface area contributed by atoms with Gasteiger partial charge in [-0.25, -0.2) is 4.99 Å². The van der Waals surface area contributed by atoms with Gasteiger partial charge in [0, 0.05) is 18.0 Å². The van der Waals surface area contributed by atoms with Crippen LogP contribution in [0, 0.1) is 0 Å². The minimum atomic E-state index is 0.141. The molecule has 0 aliphatic rings. The fraction of sp³-hybridized carbons (Fsp3) is 0.357. The number of rotatable bonds is 5. The highest BCUT2D eigenvalue weighted by Crippen LogP contribution is 2.34. The molecule has 2 nitrogen and oxygen atoms in total. The van der Waals surface area contributed by atoms with Crippen LogP contribution in [0.1, 0.15) is 38.3 Å². The molecule has 0 saturated heterocycles. The summed E-state index contributed by atoms with van der Waals surface area (Å²) in [5, 5.41) is 0. The van der Waals surface area contributed by atoms with Crippen LogP contribution < -0.4 is 0 Å². The standard InChI is InChI=1S/C14H20N2/c1-6-9-15-13-11(7-2)12(10-16-13)14(4,5)8-3/h6-7,9-10,16H,1-2,8H2,3-5H3/b15-9-. The van der Waals surface area contributed by atoms with Gasteiger partial charge in [-0.3, -0.25) is 0 Å². The largest absolute Gasteiger partial charge is 0.346 e. The van der Waals surface area contributed by atoms with Gasteiger partial charge >= 0.3 is 0 Å². The highest BCUT2D eigenvalue weighted by atomic mass is 14.9. The topological polar surface area (TPSA) is 28.1 Å². The van der Waals surface area contributed by atoms with E-state index < -0.39 is 0 Å². The molecule has 0 aromatic carbocycles. The third-order valence-corrected chi connectivity index (χ3v) is 3.02. The van der Waals surface area contributed by atoms with E-state index in [4.69, 9.17) is 0 Å². The van der Waals surface area contributed by atoms with Crippen LogP contribution in [-0.4, -0.2) is 11.2 Å². The fourth-order valence-electron chi connectivity index (χ4n) is 1.61. The van der Waals surface area contributed by atoms with Gasteiger partial charge in [0.05, 0.1) is 0 Å². The van der Waals surface area contributed by atoms with Crippen molar-refractivity contribution in [3.63, 3.8) is 0 Å². The Morgan fingerprint density at radius 2 is 2.12 bits per heavy atom. The van der Waals surface area contributed by atoms with Gasteiger partial charge in [-0.1, -0.05) is 46.1 Å². The average Bonchev–Trinajstić information content (AvgIpc) is 2.69. The Morgan fingerprint density at radius 3 is 2.62 bits per heavy atom. The zero-order valence-corrected chi connectivity index (χ0v) is 10.4. The SMILES string of the molecule is C=C/C=N\c1[nH]cc(C(C)(C)CC)c1C=C. The third-order valence-electron chi connectivity index (χ3n) is 3.02. The number of hydrogen-bond acceptors (Lipinski definition) is 1. The summed E-state index contributed by atoms with van der Waals surface area (Å²) in [5.74, 6) is 0.853. The third kappa shape index (κ3) is 2.32. The molecule has 0 radical (unpaired) electrons. The first kappa shape index (κ1) is 12.5. The summed E-state index contributed by atoms with van der Waals surface area (Å²) in [4.78, 5) is 7.48. The quantitative estimate of drug-likeness (QED) is 0.713. The second-order valence-corrected chi connectivity index (χ2v) is 4.42. The zero-order chi connectivity index (χ0) is 12.2. The summed E-state index contributed by atoms with van der Waals surface area (Å²) < 4.78 is 0. The van der Waals surface area contributed by atoms with Crippen LogP contribution in [0.15, 0.2) is 30.4 Å². The molecule has 0 bridgehead atoms. The first-order valence-electron chi connectivity index (χ1n) is 5.56. The van der Waals surface area contributed by atoms with Crippen LogP contribution in [-0.2, 0) is 5.41 Å². The van der Waals surface area contributed by atoms with Crippen molar-refractivity contribution in [1.82, 2.24) is 4.98 Å². The van der Waals surface area contributed by atoms with Crippen molar-refractivity contribution in [2.45, 2.75) is 32.6 Å². The summed E-state index contributed by atoms with van der Waals surface area (Å²) in [6.45, 7) is 14.1. The van der Waals surface area contributed by atoms with Crippen molar-refractivity contribution >= 4 is 18.1 Å². The second-order valence-electron chi connectivity index (χ2n) is 4.42. The molecular weight excluding hydrogens is 196 g/mol. The van der Waals surface area contributed by atoms with Gasteiger partial charge in [0.1, 0.15) is 5.82 Å². The molecule has 1 rings (SSSR count). The monoisotopic (exact) mass is 216 g/mol. The highest BCUT2D eigenvalue weighted by Gasteiger charge is 2.23. The zero-order valence-electron chi connectivity index (χ0n) is 10.4. The van der Waals surface area contributed by atoms with E-state index in [0.29, 0.717) is 0 Å². The Balaban J connectivity index is 3.23. The molecule has 1 N–H and O–H groups in total. The molecule has 86 valence electrons. The summed E-state index contributed by atoms with van der Waals surface area (Å²) >= 11 is 0. The number of nitrogens with zero attached hydrogens (tertiary/aromatic N) is 1. The number of aromatic amines is 1. The normalized spacial score (nSPS) is 11.9. The Hall–Kier alpha value is -1.57. The molecule has 2 heteroatoms. The maximum absolute atomic E-state index is 4.29. The van der Waals surface area contributed by atoms with Gasteiger partial charge in [0.25, 0.3) is 0 Å². The predicted octanol–water partition coefficient (Wildman–Crippen LogP) is 4.23. The number of allylic oxidation sites excluding steroid dienone is 1. The van der Waals surface area contributed by atoms with E-state index in [1.165, 1.54) is 5.56 Å². The summed E-state index contributed by atoms with van der Waals surface area (Å²) in [6, 6.07) is 0. The van der Waals surface area contributed by atoms with E-state index in [9.17, 15) is 0 Å². The summed E-state index contributed by atoms with van der Waals surface area (Å²) in [7, 11) is 0. The summed E-state index contributed by atoms with van der Waals surface area (Å²) in [5.41, 5.74) is 2.49. The lowest BCUT2D eigenvalue weighted by Crippen LogP contribution is -2.15. The van der Waals surface area contributed by atoms with E-state index >= 15 is 0 Å². The molecule has 0 aliphatic carbocycles. The average molecular weight is 216 g/mol. The van der Waals surface area contributed by atoms with E-state index in [0.717, 1.165) is 17.8 Å². The number of H-pyrrole nitrogens is 1. The van der Waals surface area contributed by atoms with Gasteiger partial charge in [-0.15, -0.1) is 0 Å². The molecule has 0 saturated carbocycles. The number of nitrogens with one attached hydrogen (secondary N) is 1. The first-order chi connectivity index (χ1) is 7.56. The lowest BCUT2D eigenvalue weighted by atomic mass is 9.81. The molecule has 0 aliphatic heterocycles. The van der Waals surface area contributed by atoms with Crippen LogP contribution in [0.4, 0.5) is 5.82 Å². The maximum Gasteiger partial charge on any atom is 0.137 e. The van der Waals surface area contributed by atoms with E-state index in [1.807, 2.05) is 12.3 Å². The minimum Gasteiger partial charge on any atom is -0.346 e. The Bertz CT molecular complexity index is 408. The Labute approximate surface area is 97.8 Å². The lowest BCUT2D eigenvalue weighted by Gasteiger charge is -2.22. The molecule has 0 amide bonds. The minimum absolute atomic E-state index is 0.141. The number of hydrogen-bond donors (Lipinski definition) is 1. The van der Waals surface area contributed by atoms with Crippen LogP contribution in [0.3, 0.4) is 0 Å². The molecule has 0 atom stereocenters. The van der Waals surface area contributed by atoms with Crippen LogP contribution in [0.25, 0.3) is 6.08 Å². The molecule has 0 fully saturated rings. The fourth-order valence-corrected chi connectivity index (χ4v) is 1.61. The molecule has 1 aromatic rings. The maximum atomic E-state index is 4.29. The lowest BCUT2D eigenvalue weighted by molar-refractivity contribution is 0.506. The Morgan fingerprint density at radius 1 is 1.44 bits per heavy atom. The Kier molecular flexibility index (Phi) is 3.88. The molecule has 1 heterocycles. The second kappa shape index (κ2) is 4.97. The van der Waals surface area contributed by atoms with Crippen molar-refractivity contribution in [2.75, 3.05) is 0 Å². The van der Waals surface area contributed by atoms with Crippen molar-refractivity contribution in [3.05, 3.63) is 36.6 Å². The van der Waals surface area contributed by atoms with Crippen LogP contribution in [0.5, 0.6) is 0 Å². The van der Waals surface area contributed by atoms with E-state index in [2.05, 4.69) is 43.9 Å². The van der Waals surface area contributed by atoms with Crippen LogP contribution in [0.2, 0.25) is 0 Å². The van der Waals surface area contributed by atoms with E-state index in [-0.39, 0.29) is 5.41 Å². The van der Waals surface area contributed by atoms with Crippen molar-refractivity contribution in [2.24, 2.45) is 4.99 Å². The molecule has 0 unspecified atom stereocenters. The van der Waals surface area contributed by atoms with Gasteiger partial charge in [0.2, 0.25) is 0 Å². The smallest absolute Gasteiger partial charge is 0.137 e. The van der Waals surface area contributed by atoms with Gasteiger partial charge < -0.3 is 4.98 Å². The van der Waals surface area contributed by atoms with Gasteiger partial charge in [0.15, 0.2) is 0 Å². The number of aromatic nitrogens is 1. The van der Waals surface area contributed by atoms with Gasteiger partial charge in [-0.2, -0.15) is 0 Å². The summed E-state index contributed by atoms with van der Waals surface area (Å²) in [6.07, 6.45) is 8.31. The molecular formula is C14H20N2. The van der Waals surface area contributed by atoms with Gasteiger partial charge in [-0.05, 0) is 17.4 Å². The highest BCUT2D eigenvalue weighted by molar-refractivity contribution is 5.76.